The first-order valence-electron chi connectivity index (χ1n) is 11.7. The number of carbonyl (C=O) groups is 1. The molecule has 2 atom stereocenters. The molecule has 1 unspecified atom stereocenters. The summed E-state index contributed by atoms with van der Waals surface area (Å²) in [6.45, 7) is 4.56. The largest absolute Gasteiger partial charge is 0.416 e. The van der Waals surface area contributed by atoms with Crippen molar-refractivity contribution in [2.45, 2.75) is 64.6 Å². The van der Waals surface area contributed by atoms with Crippen molar-refractivity contribution in [2.24, 2.45) is 11.8 Å². The SMILES string of the molecule is CCC(CC)N1CC([C@@H](CCc2ccc(N)c(Cl)c2)Cc2cc(F)ccc2C(F)(F)F)CC1=O. The molecule has 1 aliphatic heterocycles. The monoisotopic (exact) mass is 498 g/mol. The van der Waals surface area contributed by atoms with Crippen LogP contribution in [-0.2, 0) is 23.8 Å². The number of hydrogen-bond donors (Lipinski definition) is 1. The van der Waals surface area contributed by atoms with Crippen LogP contribution in [0.3, 0.4) is 0 Å². The first-order valence-corrected chi connectivity index (χ1v) is 12.1. The summed E-state index contributed by atoms with van der Waals surface area (Å²) in [6, 6.07) is 8.05. The van der Waals surface area contributed by atoms with E-state index in [1.807, 2.05) is 24.8 Å². The standard InChI is InChI=1S/C26H31ClF4N2O/c1-3-21(4-2)33-15-19(14-25(33)34)17(7-5-16-6-10-24(32)23(27)11-16)12-18-13-20(28)8-9-22(18)26(29,30)31/h6,8-11,13,17,19,21H,3-5,7,12,14-15,32H2,1-2H3/t17-,19?/m0/s1. The Kier molecular flexibility index (Phi) is 8.50. The number of nitrogen functional groups attached to an aromatic ring is 1. The Balaban J connectivity index is 1.89. The summed E-state index contributed by atoms with van der Waals surface area (Å²) in [6.07, 6.45) is -1.48. The third-order valence-electron chi connectivity index (χ3n) is 6.96. The molecule has 1 heterocycles. The van der Waals surface area contributed by atoms with E-state index >= 15 is 0 Å². The third kappa shape index (κ3) is 6.23. The van der Waals surface area contributed by atoms with E-state index in [9.17, 15) is 22.4 Å². The highest BCUT2D eigenvalue weighted by Gasteiger charge is 2.39. The number of nitrogens with two attached hydrogens (primary N) is 1. The second-order valence-corrected chi connectivity index (χ2v) is 9.55. The lowest BCUT2D eigenvalue weighted by Crippen LogP contribution is -2.36. The summed E-state index contributed by atoms with van der Waals surface area (Å²) < 4.78 is 54.9. The Morgan fingerprint density at radius 3 is 2.47 bits per heavy atom. The number of carbonyl (C=O) groups excluding carboxylic acids is 1. The lowest BCUT2D eigenvalue weighted by atomic mass is 9.81. The molecule has 8 heteroatoms. The van der Waals surface area contributed by atoms with Gasteiger partial charge < -0.3 is 10.6 Å². The number of anilines is 1. The van der Waals surface area contributed by atoms with Gasteiger partial charge in [-0.1, -0.05) is 31.5 Å². The van der Waals surface area contributed by atoms with Crippen LogP contribution in [-0.4, -0.2) is 23.4 Å². The van der Waals surface area contributed by atoms with Crippen molar-refractivity contribution >= 4 is 23.2 Å². The molecule has 1 aliphatic rings. The van der Waals surface area contributed by atoms with Gasteiger partial charge in [-0.05, 0) is 85.4 Å². The summed E-state index contributed by atoms with van der Waals surface area (Å²) in [5.41, 5.74) is 6.27. The average molecular weight is 499 g/mol. The first-order chi connectivity index (χ1) is 16.0. The minimum atomic E-state index is -4.58. The van der Waals surface area contributed by atoms with E-state index in [4.69, 9.17) is 17.3 Å². The molecular formula is C26H31ClF4N2O. The number of amides is 1. The van der Waals surface area contributed by atoms with Gasteiger partial charge in [-0.15, -0.1) is 0 Å². The van der Waals surface area contributed by atoms with Crippen molar-refractivity contribution in [2.75, 3.05) is 12.3 Å². The molecule has 0 spiro atoms. The van der Waals surface area contributed by atoms with Gasteiger partial charge in [-0.2, -0.15) is 13.2 Å². The van der Waals surface area contributed by atoms with Crippen molar-refractivity contribution < 1.29 is 22.4 Å². The number of aryl methyl sites for hydroxylation is 1. The summed E-state index contributed by atoms with van der Waals surface area (Å²) in [4.78, 5) is 14.7. The first kappa shape index (κ1) is 26.3. The van der Waals surface area contributed by atoms with Gasteiger partial charge in [0, 0.05) is 19.0 Å². The van der Waals surface area contributed by atoms with Crippen molar-refractivity contribution in [1.82, 2.24) is 4.90 Å². The minimum absolute atomic E-state index is 0.0366. The number of nitrogens with zero attached hydrogens (tertiary/aromatic N) is 1. The highest BCUT2D eigenvalue weighted by atomic mass is 35.5. The Labute approximate surface area is 203 Å². The topological polar surface area (TPSA) is 46.3 Å². The van der Waals surface area contributed by atoms with Crippen LogP contribution in [0.2, 0.25) is 5.02 Å². The molecule has 1 saturated heterocycles. The van der Waals surface area contributed by atoms with Crippen LogP contribution in [0.1, 0.15) is 56.2 Å². The molecule has 2 N–H and O–H groups in total. The fraction of sp³-hybridized carbons (Fsp3) is 0.500. The molecule has 3 rings (SSSR count). The molecule has 0 bridgehead atoms. The second-order valence-electron chi connectivity index (χ2n) is 9.14. The normalized spacial score (nSPS) is 17.6. The number of hydrogen-bond acceptors (Lipinski definition) is 2. The number of halogens is 5. The van der Waals surface area contributed by atoms with E-state index in [2.05, 4.69) is 0 Å². The van der Waals surface area contributed by atoms with E-state index in [1.165, 1.54) is 0 Å². The number of likely N-dealkylation sites (tertiary alicyclic amines) is 1. The maximum absolute atomic E-state index is 14.0. The Bertz CT molecular complexity index is 1010. The van der Waals surface area contributed by atoms with Crippen LogP contribution in [0, 0.1) is 17.7 Å². The molecular weight excluding hydrogens is 468 g/mol. The number of rotatable bonds is 9. The molecule has 3 nitrogen and oxygen atoms in total. The van der Waals surface area contributed by atoms with Crippen molar-refractivity contribution in [3.63, 3.8) is 0 Å². The van der Waals surface area contributed by atoms with E-state index < -0.39 is 17.6 Å². The zero-order valence-electron chi connectivity index (χ0n) is 19.5. The number of alkyl halides is 3. The van der Waals surface area contributed by atoms with Crippen LogP contribution in [0.15, 0.2) is 36.4 Å². The molecule has 0 aromatic heterocycles. The number of benzene rings is 2. The van der Waals surface area contributed by atoms with Gasteiger partial charge in [-0.3, -0.25) is 4.79 Å². The van der Waals surface area contributed by atoms with Crippen molar-refractivity contribution in [1.29, 1.82) is 0 Å². The molecule has 0 saturated carbocycles. The zero-order chi connectivity index (χ0) is 25.0. The lowest BCUT2D eigenvalue weighted by Gasteiger charge is -2.29. The van der Waals surface area contributed by atoms with Gasteiger partial charge in [-0.25, -0.2) is 4.39 Å². The zero-order valence-corrected chi connectivity index (χ0v) is 20.2. The molecule has 34 heavy (non-hydrogen) atoms. The molecule has 0 aliphatic carbocycles. The third-order valence-corrected chi connectivity index (χ3v) is 7.29. The van der Waals surface area contributed by atoms with E-state index in [-0.39, 0.29) is 35.8 Å². The summed E-state index contributed by atoms with van der Waals surface area (Å²) in [7, 11) is 0. The average Bonchev–Trinajstić information content (AvgIpc) is 3.15. The molecule has 2 aromatic carbocycles. The van der Waals surface area contributed by atoms with E-state index in [0.717, 1.165) is 36.6 Å². The predicted molar refractivity (Wildman–Crippen MR) is 127 cm³/mol. The molecule has 186 valence electrons. The fourth-order valence-corrected chi connectivity index (χ4v) is 5.23. The summed E-state index contributed by atoms with van der Waals surface area (Å²) in [5.74, 6) is -1.01. The highest BCUT2D eigenvalue weighted by Crippen LogP contribution is 2.38. The van der Waals surface area contributed by atoms with Crippen molar-refractivity contribution in [3.8, 4) is 0 Å². The van der Waals surface area contributed by atoms with Gasteiger partial charge in [0.2, 0.25) is 5.91 Å². The highest BCUT2D eigenvalue weighted by molar-refractivity contribution is 6.33. The van der Waals surface area contributed by atoms with E-state index in [1.54, 1.807) is 12.1 Å². The maximum Gasteiger partial charge on any atom is 0.416 e. The lowest BCUT2D eigenvalue weighted by molar-refractivity contribution is -0.138. The van der Waals surface area contributed by atoms with Gasteiger partial charge >= 0.3 is 6.18 Å². The molecule has 1 fully saturated rings. The van der Waals surface area contributed by atoms with Crippen LogP contribution in [0.4, 0.5) is 23.2 Å². The smallest absolute Gasteiger partial charge is 0.398 e. The maximum atomic E-state index is 14.0. The molecule has 1 amide bonds. The van der Waals surface area contributed by atoms with Crippen LogP contribution >= 0.6 is 11.6 Å². The minimum Gasteiger partial charge on any atom is -0.398 e. The predicted octanol–water partition coefficient (Wildman–Crippen LogP) is 6.91. The van der Waals surface area contributed by atoms with Crippen LogP contribution in [0.5, 0.6) is 0 Å². The fourth-order valence-electron chi connectivity index (χ4n) is 5.03. The molecule has 0 radical (unpaired) electrons. The Morgan fingerprint density at radius 2 is 1.85 bits per heavy atom. The second kappa shape index (κ2) is 11.0. The Hall–Kier alpha value is -2.28. The van der Waals surface area contributed by atoms with Crippen molar-refractivity contribution in [3.05, 3.63) is 63.9 Å². The van der Waals surface area contributed by atoms with Crippen LogP contribution < -0.4 is 5.73 Å². The quantitative estimate of drug-likeness (QED) is 0.301. The van der Waals surface area contributed by atoms with Gasteiger partial charge in [0.15, 0.2) is 0 Å². The summed E-state index contributed by atoms with van der Waals surface area (Å²) in [5, 5.41) is 0.425. The molecule has 2 aromatic rings. The van der Waals surface area contributed by atoms with E-state index in [0.29, 0.717) is 36.5 Å². The van der Waals surface area contributed by atoms with Crippen LogP contribution in [0.25, 0.3) is 0 Å². The van der Waals surface area contributed by atoms with Gasteiger partial charge in [0.1, 0.15) is 5.82 Å². The van der Waals surface area contributed by atoms with Gasteiger partial charge in [0.05, 0.1) is 16.3 Å². The summed E-state index contributed by atoms with van der Waals surface area (Å²) >= 11 is 6.14. The Morgan fingerprint density at radius 1 is 1.15 bits per heavy atom. The van der Waals surface area contributed by atoms with Gasteiger partial charge in [0.25, 0.3) is 0 Å².